The lowest BCUT2D eigenvalue weighted by Gasteiger charge is -2.29. The Balaban J connectivity index is 1.48. The summed E-state index contributed by atoms with van der Waals surface area (Å²) in [6.07, 6.45) is 1.61. The Morgan fingerprint density at radius 3 is 2.67 bits per heavy atom. The number of anilines is 1. The second-order valence-electron chi connectivity index (χ2n) is 7.06. The van der Waals surface area contributed by atoms with Gasteiger partial charge in [-0.1, -0.05) is 23.2 Å². The molecule has 144 valence electrons. The SMILES string of the molecule is COc1ccc(C)cc1C[NH+]1CC[NH+](CC(=O)Nc2cccnc2Cl)CC1. The molecule has 1 fully saturated rings. The van der Waals surface area contributed by atoms with Crippen molar-refractivity contribution in [2.45, 2.75) is 13.5 Å². The van der Waals surface area contributed by atoms with Gasteiger partial charge in [-0.25, -0.2) is 4.98 Å². The average Bonchev–Trinajstić information content (AvgIpc) is 2.65. The van der Waals surface area contributed by atoms with Crippen molar-refractivity contribution in [3.63, 3.8) is 0 Å². The first kappa shape index (κ1) is 19.6. The summed E-state index contributed by atoms with van der Waals surface area (Å²) in [6, 6.07) is 9.85. The summed E-state index contributed by atoms with van der Waals surface area (Å²) in [5.41, 5.74) is 3.07. The van der Waals surface area contributed by atoms with E-state index in [2.05, 4.69) is 29.4 Å². The number of methoxy groups -OCH3 is 1. The number of benzene rings is 1. The number of nitrogens with zero attached hydrogens (tertiary/aromatic N) is 1. The maximum atomic E-state index is 12.3. The van der Waals surface area contributed by atoms with Crippen LogP contribution in [0.15, 0.2) is 36.5 Å². The minimum atomic E-state index is -0.0243. The summed E-state index contributed by atoms with van der Waals surface area (Å²) in [7, 11) is 1.72. The van der Waals surface area contributed by atoms with E-state index in [0.29, 0.717) is 17.4 Å². The normalized spacial score (nSPS) is 19.5. The van der Waals surface area contributed by atoms with Crippen LogP contribution in [0.3, 0.4) is 0 Å². The molecule has 27 heavy (non-hydrogen) atoms. The number of halogens is 1. The zero-order chi connectivity index (χ0) is 19.2. The van der Waals surface area contributed by atoms with Crippen LogP contribution in [0.1, 0.15) is 11.1 Å². The number of nitrogens with one attached hydrogen (secondary N) is 3. The molecule has 2 aromatic rings. The molecule has 1 aromatic carbocycles. The second kappa shape index (κ2) is 9.17. The molecule has 0 saturated carbocycles. The number of hydrogen-bond donors (Lipinski definition) is 3. The number of hydrogen-bond acceptors (Lipinski definition) is 3. The van der Waals surface area contributed by atoms with E-state index in [4.69, 9.17) is 16.3 Å². The van der Waals surface area contributed by atoms with Gasteiger partial charge >= 0.3 is 0 Å². The first-order valence-electron chi connectivity index (χ1n) is 9.26. The number of piperazine rings is 1. The number of carbonyl (C=O) groups excluding carboxylic acids is 1. The number of amides is 1. The topological polar surface area (TPSA) is 60.1 Å². The van der Waals surface area contributed by atoms with Crippen LogP contribution in [0.5, 0.6) is 5.75 Å². The van der Waals surface area contributed by atoms with E-state index in [1.54, 1.807) is 25.4 Å². The van der Waals surface area contributed by atoms with E-state index < -0.39 is 0 Å². The van der Waals surface area contributed by atoms with Gasteiger partial charge in [0.05, 0.1) is 12.8 Å². The molecule has 0 unspecified atom stereocenters. The Morgan fingerprint density at radius 1 is 1.22 bits per heavy atom. The third kappa shape index (κ3) is 5.42. The smallest absolute Gasteiger partial charge is 0.279 e. The van der Waals surface area contributed by atoms with E-state index in [9.17, 15) is 4.79 Å². The summed E-state index contributed by atoms with van der Waals surface area (Å²) >= 11 is 6.00. The van der Waals surface area contributed by atoms with Gasteiger partial charge in [-0.3, -0.25) is 4.79 Å². The van der Waals surface area contributed by atoms with Crippen LogP contribution in [0.2, 0.25) is 5.15 Å². The van der Waals surface area contributed by atoms with Crippen molar-refractivity contribution in [2.75, 3.05) is 45.2 Å². The van der Waals surface area contributed by atoms with Crippen molar-refractivity contribution in [3.05, 3.63) is 52.8 Å². The molecule has 2 heterocycles. The van der Waals surface area contributed by atoms with Crippen LogP contribution in [-0.4, -0.2) is 50.7 Å². The summed E-state index contributed by atoms with van der Waals surface area (Å²) < 4.78 is 5.49. The van der Waals surface area contributed by atoms with Crippen LogP contribution in [-0.2, 0) is 11.3 Å². The standard InChI is InChI=1S/C20H25ClN4O2/c1-15-5-6-18(27-2)16(12-15)13-24-8-10-25(11-9-24)14-19(26)23-17-4-3-7-22-20(17)21/h3-7,12H,8-11,13-14H2,1-2H3,(H,23,26)/p+2. The van der Waals surface area contributed by atoms with Gasteiger partial charge in [-0.05, 0) is 31.2 Å². The monoisotopic (exact) mass is 390 g/mol. The van der Waals surface area contributed by atoms with Gasteiger partial charge in [0.1, 0.15) is 38.5 Å². The number of aromatic nitrogens is 1. The molecule has 1 amide bonds. The highest BCUT2D eigenvalue weighted by molar-refractivity contribution is 6.32. The molecular weight excluding hydrogens is 364 g/mol. The van der Waals surface area contributed by atoms with Crippen LogP contribution in [0, 0.1) is 6.92 Å². The summed E-state index contributed by atoms with van der Waals surface area (Å²) in [4.78, 5) is 19.1. The fourth-order valence-electron chi connectivity index (χ4n) is 3.53. The minimum absolute atomic E-state index is 0.0243. The highest BCUT2D eigenvalue weighted by Crippen LogP contribution is 2.18. The molecule has 1 aromatic heterocycles. The number of ether oxygens (including phenoxy) is 1. The van der Waals surface area contributed by atoms with Crippen molar-refractivity contribution in [3.8, 4) is 5.75 Å². The molecule has 6 nitrogen and oxygen atoms in total. The van der Waals surface area contributed by atoms with Gasteiger partial charge in [0.15, 0.2) is 11.7 Å². The van der Waals surface area contributed by atoms with Gasteiger partial charge in [0, 0.05) is 11.8 Å². The number of aryl methyl sites for hydroxylation is 1. The number of carbonyl (C=O) groups is 1. The molecule has 3 rings (SSSR count). The molecule has 3 N–H and O–H groups in total. The number of rotatable bonds is 6. The largest absolute Gasteiger partial charge is 0.496 e. The van der Waals surface area contributed by atoms with Gasteiger partial charge in [0.25, 0.3) is 5.91 Å². The Hall–Kier alpha value is -2.15. The molecule has 0 bridgehead atoms. The fourth-order valence-corrected chi connectivity index (χ4v) is 3.69. The Kier molecular flexibility index (Phi) is 6.66. The van der Waals surface area contributed by atoms with Crippen molar-refractivity contribution in [2.24, 2.45) is 0 Å². The van der Waals surface area contributed by atoms with Gasteiger partial charge in [-0.15, -0.1) is 0 Å². The van der Waals surface area contributed by atoms with Crippen LogP contribution in [0.25, 0.3) is 0 Å². The number of quaternary nitrogens is 2. The molecule has 7 heteroatoms. The summed E-state index contributed by atoms with van der Waals surface area (Å²) in [5.74, 6) is 0.930. The predicted octanol–water partition coefficient (Wildman–Crippen LogP) is -0.0259. The minimum Gasteiger partial charge on any atom is -0.496 e. The maximum absolute atomic E-state index is 12.3. The van der Waals surface area contributed by atoms with Crippen molar-refractivity contribution in [1.82, 2.24) is 4.98 Å². The quantitative estimate of drug-likeness (QED) is 0.607. The average molecular weight is 391 g/mol. The van der Waals surface area contributed by atoms with Gasteiger partial charge in [0.2, 0.25) is 0 Å². The zero-order valence-corrected chi connectivity index (χ0v) is 16.6. The lowest BCUT2D eigenvalue weighted by atomic mass is 10.1. The highest BCUT2D eigenvalue weighted by Gasteiger charge is 2.25. The Labute approximate surface area is 165 Å². The predicted molar refractivity (Wildman–Crippen MR) is 106 cm³/mol. The first-order chi connectivity index (χ1) is 13.0. The van der Waals surface area contributed by atoms with Gasteiger partial charge in [-0.2, -0.15) is 0 Å². The van der Waals surface area contributed by atoms with E-state index in [1.807, 2.05) is 6.07 Å². The molecule has 0 spiro atoms. The van der Waals surface area contributed by atoms with Crippen LogP contribution < -0.4 is 19.9 Å². The third-order valence-electron chi connectivity index (χ3n) is 4.98. The lowest BCUT2D eigenvalue weighted by molar-refractivity contribution is -1.02. The Bertz CT molecular complexity index is 791. The highest BCUT2D eigenvalue weighted by atomic mass is 35.5. The van der Waals surface area contributed by atoms with E-state index in [-0.39, 0.29) is 5.91 Å². The Morgan fingerprint density at radius 2 is 1.96 bits per heavy atom. The fraction of sp³-hybridized carbons (Fsp3) is 0.400. The van der Waals surface area contributed by atoms with Crippen molar-refractivity contribution >= 4 is 23.2 Å². The van der Waals surface area contributed by atoms with Gasteiger partial charge < -0.3 is 19.9 Å². The molecule has 0 atom stereocenters. The molecule has 1 aliphatic rings. The van der Waals surface area contributed by atoms with E-state index in [0.717, 1.165) is 38.5 Å². The second-order valence-corrected chi connectivity index (χ2v) is 7.42. The third-order valence-corrected chi connectivity index (χ3v) is 5.29. The summed E-state index contributed by atoms with van der Waals surface area (Å²) in [6.45, 7) is 7.52. The maximum Gasteiger partial charge on any atom is 0.279 e. The van der Waals surface area contributed by atoms with Crippen molar-refractivity contribution in [1.29, 1.82) is 0 Å². The number of pyridine rings is 1. The van der Waals surface area contributed by atoms with Crippen LogP contribution in [0.4, 0.5) is 5.69 Å². The van der Waals surface area contributed by atoms with E-state index in [1.165, 1.54) is 20.9 Å². The molecule has 1 saturated heterocycles. The summed E-state index contributed by atoms with van der Waals surface area (Å²) in [5, 5.41) is 3.17. The van der Waals surface area contributed by atoms with E-state index >= 15 is 0 Å². The van der Waals surface area contributed by atoms with Crippen molar-refractivity contribution < 1.29 is 19.3 Å². The molecular formula is C20H27ClN4O2+2. The molecule has 1 aliphatic heterocycles. The molecule has 0 aliphatic carbocycles. The first-order valence-corrected chi connectivity index (χ1v) is 9.64. The molecule has 0 radical (unpaired) electrons. The lowest BCUT2D eigenvalue weighted by Crippen LogP contribution is -3.28. The zero-order valence-electron chi connectivity index (χ0n) is 15.8. The van der Waals surface area contributed by atoms with Crippen LogP contribution >= 0.6 is 11.6 Å².